The van der Waals surface area contributed by atoms with Crippen molar-refractivity contribution in [2.24, 2.45) is 0 Å². The van der Waals surface area contributed by atoms with E-state index in [1.54, 1.807) is 7.05 Å². The summed E-state index contributed by atoms with van der Waals surface area (Å²) in [4.78, 5) is 11.4. The second kappa shape index (κ2) is 5.83. The third-order valence-electron chi connectivity index (χ3n) is 1.98. The Morgan fingerprint density at radius 1 is 1.56 bits per heavy atom. The number of nitrogens with one attached hydrogen (secondary N) is 2. The molecule has 0 spiro atoms. The van der Waals surface area contributed by atoms with Crippen LogP contribution in [0.4, 0.5) is 10.1 Å². The normalized spacial score (nSPS) is 9.56. The van der Waals surface area contributed by atoms with Gasteiger partial charge in [0.2, 0.25) is 5.91 Å². The molecule has 0 saturated heterocycles. The summed E-state index contributed by atoms with van der Waals surface area (Å²) in [5.74, 6) is -0.706. The number of hydrogen-bond donors (Lipinski definition) is 2. The summed E-state index contributed by atoms with van der Waals surface area (Å²) in [6.07, 6.45) is 0.304. The van der Waals surface area contributed by atoms with E-state index in [4.69, 9.17) is 5.26 Å². The fourth-order valence-corrected chi connectivity index (χ4v) is 1.17. The Labute approximate surface area is 93.1 Å². The molecule has 0 heterocycles. The average Bonchev–Trinajstić information content (AvgIpc) is 2.28. The number of carbonyl (C=O) groups is 1. The summed E-state index contributed by atoms with van der Waals surface area (Å²) >= 11 is 0. The summed E-state index contributed by atoms with van der Waals surface area (Å²) in [6, 6.07) is 5.50. The first-order valence-electron chi connectivity index (χ1n) is 4.81. The Kier molecular flexibility index (Phi) is 4.42. The minimum absolute atomic E-state index is 0.123. The molecule has 2 N–H and O–H groups in total. The second-order valence-corrected chi connectivity index (χ2v) is 3.20. The van der Waals surface area contributed by atoms with Crippen molar-refractivity contribution >= 4 is 11.6 Å². The lowest BCUT2D eigenvalue weighted by Gasteiger charge is -2.06. The molecule has 0 saturated carbocycles. The summed E-state index contributed by atoms with van der Waals surface area (Å²) in [5, 5.41) is 14.1. The molecule has 0 unspecified atom stereocenters. The van der Waals surface area contributed by atoms with Gasteiger partial charge in [-0.05, 0) is 25.2 Å². The van der Waals surface area contributed by atoms with Gasteiger partial charge in [0.15, 0.2) is 0 Å². The Balaban J connectivity index is 2.74. The molecule has 0 aromatic heterocycles. The molecule has 0 radical (unpaired) electrons. The predicted molar refractivity (Wildman–Crippen MR) is 58.3 cm³/mol. The highest BCUT2D eigenvalue weighted by molar-refractivity contribution is 5.92. The van der Waals surface area contributed by atoms with Crippen molar-refractivity contribution in [3.8, 4) is 6.07 Å². The van der Waals surface area contributed by atoms with Crippen molar-refractivity contribution in [2.75, 3.05) is 18.9 Å². The molecule has 0 aliphatic heterocycles. The molecule has 1 amide bonds. The quantitative estimate of drug-likeness (QED) is 0.804. The standard InChI is InChI=1S/C11H12FN3O/c1-14-5-4-11(16)15-10-3-2-9(12)6-8(10)7-13/h2-3,6,14H,4-5H2,1H3,(H,15,16). The minimum Gasteiger partial charge on any atom is -0.325 e. The Bertz CT molecular complexity index is 426. The number of halogens is 1. The second-order valence-electron chi connectivity index (χ2n) is 3.20. The highest BCUT2D eigenvalue weighted by Crippen LogP contribution is 2.15. The molecular weight excluding hydrogens is 209 g/mol. The third-order valence-corrected chi connectivity index (χ3v) is 1.98. The molecule has 5 heteroatoms. The van der Waals surface area contributed by atoms with Gasteiger partial charge in [0.1, 0.15) is 11.9 Å². The zero-order valence-corrected chi connectivity index (χ0v) is 8.88. The lowest BCUT2D eigenvalue weighted by atomic mass is 10.2. The SMILES string of the molecule is CNCCC(=O)Nc1ccc(F)cc1C#N. The Hall–Kier alpha value is -1.93. The van der Waals surface area contributed by atoms with E-state index in [1.807, 2.05) is 6.07 Å². The molecular formula is C11H12FN3O. The predicted octanol–water partition coefficient (Wildman–Crippen LogP) is 1.25. The van der Waals surface area contributed by atoms with Crippen molar-refractivity contribution < 1.29 is 9.18 Å². The topological polar surface area (TPSA) is 64.9 Å². The zero-order valence-electron chi connectivity index (χ0n) is 8.88. The first kappa shape index (κ1) is 12.1. The van der Waals surface area contributed by atoms with Gasteiger partial charge in [0.25, 0.3) is 0 Å². The molecule has 0 aliphatic carbocycles. The van der Waals surface area contributed by atoms with Crippen molar-refractivity contribution in [1.29, 1.82) is 5.26 Å². The van der Waals surface area contributed by atoms with E-state index < -0.39 is 5.82 Å². The lowest BCUT2D eigenvalue weighted by Crippen LogP contribution is -2.19. The number of amides is 1. The van der Waals surface area contributed by atoms with E-state index in [-0.39, 0.29) is 11.5 Å². The summed E-state index contributed by atoms with van der Waals surface area (Å²) in [5.41, 5.74) is 0.461. The number of carbonyl (C=O) groups excluding carboxylic acids is 1. The van der Waals surface area contributed by atoms with Gasteiger partial charge in [-0.1, -0.05) is 0 Å². The van der Waals surface area contributed by atoms with Gasteiger partial charge in [-0.25, -0.2) is 4.39 Å². The van der Waals surface area contributed by atoms with Crippen molar-refractivity contribution in [2.45, 2.75) is 6.42 Å². The van der Waals surface area contributed by atoms with E-state index in [0.29, 0.717) is 18.7 Å². The smallest absolute Gasteiger partial charge is 0.225 e. The van der Waals surface area contributed by atoms with Crippen molar-refractivity contribution in [1.82, 2.24) is 5.32 Å². The molecule has 0 fully saturated rings. The van der Waals surface area contributed by atoms with Crippen LogP contribution in [-0.2, 0) is 4.79 Å². The van der Waals surface area contributed by atoms with E-state index in [0.717, 1.165) is 6.07 Å². The van der Waals surface area contributed by atoms with Crippen molar-refractivity contribution in [3.05, 3.63) is 29.6 Å². The monoisotopic (exact) mass is 221 g/mol. The van der Waals surface area contributed by atoms with Crippen LogP contribution >= 0.6 is 0 Å². The van der Waals surface area contributed by atoms with E-state index in [2.05, 4.69) is 10.6 Å². The van der Waals surface area contributed by atoms with Gasteiger partial charge in [0, 0.05) is 13.0 Å². The average molecular weight is 221 g/mol. The van der Waals surface area contributed by atoms with Crippen LogP contribution in [0, 0.1) is 17.1 Å². The Morgan fingerprint density at radius 2 is 2.31 bits per heavy atom. The third kappa shape index (κ3) is 3.33. The van der Waals surface area contributed by atoms with E-state index >= 15 is 0 Å². The molecule has 1 rings (SSSR count). The van der Waals surface area contributed by atoms with Gasteiger partial charge in [-0.2, -0.15) is 5.26 Å². The molecule has 0 bridgehead atoms. The van der Waals surface area contributed by atoms with Crippen LogP contribution in [0.2, 0.25) is 0 Å². The van der Waals surface area contributed by atoms with Crippen LogP contribution in [0.1, 0.15) is 12.0 Å². The molecule has 1 aromatic carbocycles. The highest BCUT2D eigenvalue weighted by Gasteiger charge is 2.07. The molecule has 0 atom stereocenters. The van der Waals surface area contributed by atoms with Crippen molar-refractivity contribution in [3.63, 3.8) is 0 Å². The maximum atomic E-state index is 12.8. The molecule has 1 aromatic rings. The maximum Gasteiger partial charge on any atom is 0.225 e. The van der Waals surface area contributed by atoms with Gasteiger partial charge in [0.05, 0.1) is 11.3 Å². The van der Waals surface area contributed by atoms with Gasteiger partial charge < -0.3 is 10.6 Å². The number of nitrogens with zero attached hydrogens (tertiary/aromatic N) is 1. The molecule has 84 valence electrons. The van der Waals surface area contributed by atoms with Crippen LogP contribution in [0.15, 0.2) is 18.2 Å². The highest BCUT2D eigenvalue weighted by atomic mass is 19.1. The summed E-state index contributed by atoms with van der Waals surface area (Å²) in [7, 11) is 1.74. The Morgan fingerprint density at radius 3 is 2.94 bits per heavy atom. The number of rotatable bonds is 4. The molecule has 0 aliphatic rings. The first-order chi connectivity index (χ1) is 7.67. The van der Waals surface area contributed by atoms with E-state index in [1.165, 1.54) is 12.1 Å². The number of anilines is 1. The largest absolute Gasteiger partial charge is 0.325 e. The van der Waals surface area contributed by atoms with E-state index in [9.17, 15) is 9.18 Å². The van der Waals surface area contributed by atoms with Gasteiger partial charge in [-0.3, -0.25) is 4.79 Å². The van der Waals surface area contributed by atoms with Crippen LogP contribution in [0.25, 0.3) is 0 Å². The summed E-state index contributed by atoms with van der Waals surface area (Å²) < 4.78 is 12.8. The van der Waals surface area contributed by atoms with Gasteiger partial charge in [-0.15, -0.1) is 0 Å². The molecule has 4 nitrogen and oxygen atoms in total. The fourth-order valence-electron chi connectivity index (χ4n) is 1.17. The fraction of sp³-hybridized carbons (Fsp3) is 0.273. The summed E-state index contributed by atoms with van der Waals surface area (Å²) in [6.45, 7) is 0.551. The number of benzene rings is 1. The minimum atomic E-state index is -0.496. The zero-order chi connectivity index (χ0) is 12.0. The first-order valence-corrected chi connectivity index (χ1v) is 4.81. The lowest BCUT2D eigenvalue weighted by molar-refractivity contribution is -0.116. The van der Waals surface area contributed by atoms with Crippen LogP contribution in [0.5, 0.6) is 0 Å². The van der Waals surface area contributed by atoms with Crippen LogP contribution < -0.4 is 10.6 Å². The van der Waals surface area contributed by atoms with Gasteiger partial charge >= 0.3 is 0 Å². The molecule has 16 heavy (non-hydrogen) atoms. The number of nitriles is 1. The van der Waals surface area contributed by atoms with Crippen LogP contribution in [-0.4, -0.2) is 19.5 Å². The maximum absolute atomic E-state index is 12.8. The van der Waals surface area contributed by atoms with Crippen LogP contribution in [0.3, 0.4) is 0 Å². The number of hydrogen-bond acceptors (Lipinski definition) is 3.